The van der Waals surface area contributed by atoms with Crippen LogP contribution >= 0.6 is 11.3 Å². The lowest BCUT2D eigenvalue weighted by atomic mass is 10.3. The third kappa shape index (κ3) is 4.94. The van der Waals surface area contributed by atoms with Gasteiger partial charge in [0.15, 0.2) is 5.13 Å². The summed E-state index contributed by atoms with van der Waals surface area (Å²) < 4.78 is 8.38. The van der Waals surface area contributed by atoms with Gasteiger partial charge in [0.25, 0.3) is 5.91 Å². The zero-order chi connectivity index (χ0) is 21.0. The van der Waals surface area contributed by atoms with E-state index in [1.54, 1.807) is 9.58 Å². The van der Waals surface area contributed by atoms with Crippen molar-refractivity contribution in [2.24, 2.45) is 0 Å². The molecule has 0 atom stereocenters. The fraction of sp³-hybridized carbons (Fsp3) is 0.476. The van der Waals surface area contributed by atoms with Gasteiger partial charge in [0.2, 0.25) is 0 Å². The van der Waals surface area contributed by atoms with E-state index in [2.05, 4.69) is 10.00 Å². The van der Waals surface area contributed by atoms with Crippen LogP contribution in [0.1, 0.15) is 36.5 Å². The van der Waals surface area contributed by atoms with Gasteiger partial charge in [-0.15, -0.1) is 0 Å². The molecule has 0 radical (unpaired) electrons. The molecule has 0 N–H and O–H groups in total. The molecule has 0 aliphatic rings. The van der Waals surface area contributed by atoms with Gasteiger partial charge in [0.1, 0.15) is 11.4 Å². The van der Waals surface area contributed by atoms with E-state index in [9.17, 15) is 4.79 Å². The number of aromatic nitrogens is 3. The maximum atomic E-state index is 13.5. The van der Waals surface area contributed by atoms with Crippen LogP contribution in [0, 0.1) is 6.92 Å². The number of carbonyl (C=O) groups excluding carboxylic acids is 1. The first-order valence-electron chi connectivity index (χ1n) is 9.97. The van der Waals surface area contributed by atoms with Gasteiger partial charge in [-0.1, -0.05) is 11.3 Å². The van der Waals surface area contributed by atoms with Crippen LogP contribution in [0.3, 0.4) is 0 Å². The Bertz CT molecular complexity index is 979. The predicted molar refractivity (Wildman–Crippen MR) is 118 cm³/mol. The van der Waals surface area contributed by atoms with Crippen LogP contribution in [0.15, 0.2) is 24.3 Å². The minimum atomic E-state index is -0.0599. The molecule has 2 heterocycles. The van der Waals surface area contributed by atoms with Crippen LogP contribution in [-0.2, 0) is 6.54 Å². The number of rotatable bonds is 9. The Balaban J connectivity index is 1.96. The normalized spacial score (nSPS) is 11.4. The van der Waals surface area contributed by atoms with Gasteiger partial charge in [0.05, 0.1) is 22.5 Å². The average Bonchev–Trinajstić information content (AvgIpc) is 3.27. The maximum Gasteiger partial charge on any atom is 0.278 e. The van der Waals surface area contributed by atoms with Crippen LogP contribution in [-0.4, -0.2) is 59.4 Å². The average molecular weight is 416 g/mol. The van der Waals surface area contributed by atoms with E-state index in [-0.39, 0.29) is 5.91 Å². The van der Waals surface area contributed by atoms with Crippen molar-refractivity contribution in [3.63, 3.8) is 0 Å². The standard InChI is InChI=1S/C21H29N5O2S/c1-6-26-18(13-15(3)23-26)20(27)25(12-8-11-24(4)5)21-22-17-10-9-16(28-7-2)14-19(17)29-21/h9-10,13-14H,6-8,11-12H2,1-5H3. The molecule has 2 aromatic heterocycles. The van der Waals surface area contributed by atoms with E-state index < -0.39 is 0 Å². The van der Waals surface area contributed by atoms with Crippen molar-refractivity contribution >= 4 is 32.6 Å². The summed E-state index contributed by atoms with van der Waals surface area (Å²) in [7, 11) is 4.07. The van der Waals surface area contributed by atoms with E-state index in [0.717, 1.165) is 34.6 Å². The lowest BCUT2D eigenvalue weighted by Gasteiger charge is -2.21. The molecular weight excluding hydrogens is 386 g/mol. The minimum Gasteiger partial charge on any atom is -0.494 e. The summed E-state index contributed by atoms with van der Waals surface area (Å²) in [5.41, 5.74) is 2.32. The molecule has 0 spiro atoms. The van der Waals surface area contributed by atoms with E-state index >= 15 is 0 Å². The summed E-state index contributed by atoms with van der Waals surface area (Å²) in [5.74, 6) is 0.760. The van der Waals surface area contributed by atoms with Gasteiger partial charge >= 0.3 is 0 Å². The van der Waals surface area contributed by atoms with E-state index in [4.69, 9.17) is 9.72 Å². The Morgan fingerprint density at radius 1 is 1.21 bits per heavy atom. The highest BCUT2D eigenvalue weighted by molar-refractivity contribution is 7.22. The summed E-state index contributed by atoms with van der Waals surface area (Å²) in [4.78, 5) is 22.1. The quantitative estimate of drug-likeness (QED) is 0.532. The fourth-order valence-electron chi connectivity index (χ4n) is 3.19. The molecule has 0 saturated heterocycles. The molecule has 3 rings (SSSR count). The van der Waals surface area contributed by atoms with Gasteiger partial charge in [-0.25, -0.2) is 4.98 Å². The van der Waals surface area contributed by atoms with Gasteiger partial charge in [0, 0.05) is 13.1 Å². The largest absolute Gasteiger partial charge is 0.494 e. The van der Waals surface area contributed by atoms with E-state index in [0.29, 0.717) is 30.5 Å². The Labute approximate surface area is 175 Å². The Kier molecular flexibility index (Phi) is 6.87. The number of hydrogen-bond acceptors (Lipinski definition) is 6. The highest BCUT2D eigenvalue weighted by atomic mass is 32.1. The lowest BCUT2D eigenvalue weighted by Crippen LogP contribution is -2.34. The Morgan fingerprint density at radius 2 is 2.00 bits per heavy atom. The van der Waals surface area contributed by atoms with Crippen LogP contribution in [0.2, 0.25) is 0 Å². The van der Waals surface area contributed by atoms with Crippen molar-refractivity contribution in [2.45, 2.75) is 33.7 Å². The molecule has 29 heavy (non-hydrogen) atoms. The minimum absolute atomic E-state index is 0.0599. The van der Waals surface area contributed by atoms with E-state index in [1.807, 2.05) is 59.1 Å². The monoisotopic (exact) mass is 415 g/mol. The summed E-state index contributed by atoms with van der Waals surface area (Å²) in [5, 5.41) is 5.14. The number of nitrogens with zero attached hydrogens (tertiary/aromatic N) is 5. The van der Waals surface area contributed by atoms with Crippen molar-refractivity contribution in [3.8, 4) is 5.75 Å². The molecule has 0 aliphatic carbocycles. The molecule has 7 nitrogen and oxygen atoms in total. The molecule has 1 amide bonds. The number of anilines is 1. The van der Waals surface area contributed by atoms with Crippen LogP contribution < -0.4 is 9.64 Å². The summed E-state index contributed by atoms with van der Waals surface area (Å²) in [6.07, 6.45) is 0.859. The number of carbonyl (C=O) groups is 1. The fourth-order valence-corrected chi connectivity index (χ4v) is 4.21. The SMILES string of the molecule is CCOc1ccc2nc(N(CCCN(C)C)C(=O)c3cc(C)nn3CC)sc2c1. The number of benzene rings is 1. The first-order chi connectivity index (χ1) is 13.9. The molecular formula is C21H29N5O2S. The number of fused-ring (bicyclic) bond motifs is 1. The lowest BCUT2D eigenvalue weighted by molar-refractivity contribution is 0.0975. The van der Waals surface area contributed by atoms with Crippen LogP contribution in [0.5, 0.6) is 5.75 Å². The predicted octanol–water partition coefficient (Wildman–Crippen LogP) is 3.82. The smallest absolute Gasteiger partial charge is 0.278 e. The van der Waals surface area contributed by atoms with Gasteiger partial charge in [-0.3, -0.25) is 14.4 Å². The number of hydrogen-bond donors (Lipinski definition) is 0. The third-order valence-corrected chi connectivity index (χ3v) is 5.58. The second kappa shape index (κ2) is 9.37. The molecule has 0 fully saturated rings. The molecule has 0 saturated carbocycles. The van der Waals surface area contributed by atoms with Gasteiger partial charge in [-0.2, -0.15) is 5.10 Å². The molecule has 3 aromatic rings. The van der Waals surface area contributed by atoms with Crippen molar-refractivity contribution in [3.05, 3.63) is 35.7 Å². The third-order valence-electron chi connectivity index (χ3n) is 4.54. The highest BCUT2D eigenvalue weighted by Crippen LogP contribution is 2.32. The number of aryl methyl sites for hydroxylation is 2. The highest BCUT2D eigenvalue weighted by Gasteiger charge is 2.24. The number of amides is 1. The Hall–Kier alpha value is -2.45. The van der Waals surface area contributed by atoms with Crippen LogP contribution in [0.4, 0.5) is 5.13 Å². The summed E-state index contributed by atoms with van der Waals surface area (Å²) >= 11 is 1.52. The zero-order valence-electron chi connectivity index (χ0n) is 17.8. The zero-order valence-corrected chi connectivity index (χ0v) is 18.6. The topological polar surface area (TPSA) is 63.5 Å². The van der Waals surface area contributed by atoms with Crippen molar-refractivity contribution in [1.29, 1.82) is 0 Å². The molecule has 0 unspecified atom stereocenters. The summed E-state index contributed by atoms with van der Waals surface area (Å²) in [6.45, 7) is 8.63. The summed E-state index contributed by atoms with van der Waals surface area (Å²) in [6, 6.07) is 7.71. The van der Waals surface area contributed by atoms with Crippen molar-refractivity contribution in [1.82, 2.24) is 19.7 Å². The van der Waals surface area contributed by atoms with E-state index in [1.165, 1.54) is 11.3 Å². The first-order valence-corrected chi connectivity index (χ1v) is 10.8. The molecule has 0 bridgehead atoms. The van der Waals surface area contributed by atoms with Crippen molar-refractivity contribution < 1.29 is 9.53 Å². The molecule has 8 heteroatoms. The van der Waals surface area contributed by atoms with Crippen molar-refractivity contribution in [2.75, 3.05) is 38.7 Å². The number of thiazole rings is 1. The molecule has 1 aromatic carbocycles. The number of ether oxygens (including phenoxy) is 1. The van der Waals surface area contributed by atoms with Gasteiger partial charge in [-0.05, 0) is 72.1 Å². The second-order valence-corrected chi connectivity index (χ2v) is 8.17. The Morgan fingerprint density at radius 3 is 2.69 bits per heavy atom. The van der Waals surface area contributed by atoms with Gasteiger partial charge < -0.3 is 9.64 Å². The second-order valence-electron chi connectivity index (χ2n) is 7.16. The first kappa shape index (κ1) is 21.3. The maximum absolute atomic E-state index is 13.5. The molecule has 0 aliphatic heterocycles. The van der Waals surface area contributed by atoms with Crippen LogP contribution in [0.25, 0.3) is 10.2 Å². The molecule has 156 valence electrons.